The average molecular weight is 402 g/mol. The minimum Gasteiger partial charge on any atom is -0.497 e. The highest BCUT2D eigenvalue weighted by atomic mass is 16.5. The quantitative estimate of drug-likeness (QED) is 0.471. The van der Waals surface area contributed by atoms with Crippen molar-refractivity contribution in [3.8, 4) is 5.75 Å². The van der Waals surface area contributed by atoms with Gasteiger partial charge in [-0.2, -0.15) is 0 Å². The molecule has 0 amide bonds. The highest BCUT2D eigenvalue weighted by Gasteiger charge is 2.16. The van der Waals surface area contributed by atoms with E-state index in [9.17, 15) is 0 Å². The number of aliphatic imine (C=N–C) groups is 1. The van der Waals surface area contributed by atoms with Crippen LogP contribution in [0.3, 0.4) is 0 Å². The van der Waals surface area contributed by atoms with Crippen molar-refractivity contribution in [2.45, 2.75) is 46.2 Å². The number of aromatic nitrogens is 1. The summed E-state index contributed by atoms with van der Waals surface area (Å²) in [5.74, 6) is 2.57. The van der Waals surface area contributed by atoms with Gasteiger partial charge in [0.05, 0.1) is 25.4 Å². The smallest absolute Gasteiger partial charge is 0.191 e. The van der Waals surface area contributed by atoms with Gasteiger partial charge in [0, 0.05) is 25.1 Å². The molecule has 0 aliphatic heterocycles. The molecule has 0 saturated carbocycles. The SMILES string of the molecule is CCNC(=NCc1c(CC)noc1CC)NCC(c1ccc(OC)cc1)N(C)C. The van der Waals surface area contributed by atoms with E-state index in [0.29, 0.717) is 6.54 Å². The Hall–Kier alpha value is -2.54. The lowest BCUT2D eigenvalue weighted by Gasteiger charge is -2.26. The number of aryl methyl sites for hydroxylation is 2. The first-order chi connectivity index (χ1) is 14.0. The van der Waals surface area contributed by atoms with E-state index in [1.165, 1.54) is 5.56 Å². The van der Waals surface area contributed by atoms with Gasteiger partial charge in [-0.15, -0.1) is 0 Å². The molecule has 1 aromatic carbocycles. The van der Waals surface area contributed by atoms with Crippen molar-refractivity contribution in [3.63, 3.8) is 0 Å². The molecule has 160 valence electrons. The van der Waals surface area contributed by atoms with Gasteiger partial charge in [-0.1, -0.05) is 31.1 Å². The number of rotatable bonds is 10. The molecule has 1 aromatic heterocycles. The van der Waals surface area contributed by atoms with Gasteiger partial charge in [-0.3, -0.25) is 0 Å². The van der Waals surface area contributed by atoms with E-state index >= 15 is 0 Å². The lowest BCUT2D eigenvalue weighted by Crippen LogP contribution is -2.41. The monoisotopic (exact) mass is 401 g/mol. The van der Waals surface area contributed by atoms with Gasteiger partial charge in [0.2, 0.25) is 0 Å². The van der Waals surface area contributed by atoms with E-state index in [2.05, 4.69) is 67.7 Å². The predicted octanol–water partition coefficient (Wildman–Crippen LogP) is 3.17. The number of hydrogen-bond donors (Lipinski definition) is 2. The predicted molar refractivity (Wildman–Crippen MR) is 117 cm³/mol. The second-order valence-corrected chi connectivity index (χ2v) is 7.07. The fraction of sp³-hybridized carbons (Fsp3) is 0.545. The van der Waals surface area contributed by atoms with Crippen molar-refractivity contribution in [2.75, 3.05) is 34.3 Å². The van der Waals surface area contributed by atoms with Crippen LogP contribution in [0.25, 0.3) is 0 Å². The van der Waals surface area contributed by atoms with Crippen molar-refractivity contribution in [1.82, 2.24) is 20.7 Å². The standard InChI is InChI=1S/C22H35N5O2/c1-7-19-18(21(8-2)29-26-19)14-24-22(23-9-3)25-15-20(27(4)5)16-10-12-17(28-6)13-11-16/h10-13,20H,7-9,14-15H2,1-6H3,(H2,23,24,25). The van der Waals surface area contributed by atoms with Crippen LogP contribution in [0.4, 0.5) is 0 Å². The van der Waals surface area contributed by atoms with Crippen molar-refractivity contribution >= 4 is 5.96 Å². The minimum absolute atomic E-state index is 0.206. The van der Waals surface area contributed by atoms with Crippen LogP contribution < -0.4 is 15.4 Å². The molecule has 7 heteroatoms. The van der Waals surface area contributed by atoms with Gasteiger partial charge >= 0.3 is 0 Å². The van der Waals surface area contributed by atoms with Gasteiger partial charge in [-0.25, -0.2) is 4.99 Å². The Morgan fingerprint density at radius 1 is 1.14 bits per heavy atom. The van der Waals surface area contributed by atoms with Gasteiger partial charge < -0.3 is 24.8 Å². The first-order valence-electron chi connectivity index (χ1n) is 10.3. The molecule has 0 radical (unpaired) electrons. The molecule has 7 nitrogen and oxygen atoms in total. The van der Waals surface area contributed by atoms with E-state index < -0.39 is 0 Å². The number of nitrogens with one attached hydrogen (secondary N) is 2. The lowest BCUT2D eigenvalue weighted by atomic mass is 10.1. The maximum Gasteiger partial charge on any atom is 0.191 e. The molecule has 1 atom stereocenters. The molecule has 1 heterocycles. The third-order valence-electron chi connectivity index (χ3n) is 4.93. The number of nitrogens with zero attached hydrogens (tertiary/aromatic N) is 3. The Morgan fingerprint density at radius 3 is 2.41 bits per heavy atom. The number of hydrogen-bond acceptors (Lipinski definition) is 5. The molecule has 2 aromatic rings. The molecule has 0 saturated heterocycles. The summed E-state index contributed by atoms with van der Waals surface area (Å²) >= 11 is 0. The Bertz CT molecular complexity index is 747. The van der Waals surface area contributed by atoms with Crippen LogP contribution in [0.1, 0.15) is 49.4 Å². The first-order valence-corrected chi connectivity index (χ1v) is 10.3. The number of methoxy groups -OCH3 is 1. The van der Waals surface area contributed by atoms with Gasteiger partial charge in [0.25, 0.3) is 0 Å². The number of benzene rings is 1. The summed E-state index contributed by atoms with van der Waals surface area (Å²) in [4.78, 5) is 6.98. The topological polar surface area (TPSA) is 74.9 Å². The molecule has 2 rings (SSSR count). The minimum atomic E-state index is 0.206. The zero-order chi connectivity index (χ0) is 21.2. The fourth-order valence-corrected chi connectivity index (χ4v) is 3.23. The van der Waals surface area contributed by atoms with Crippen molar-refractivity contribution in [3.05, 3.63) is 46.8 Å². The molecular formula is C22H35N5O2. The Labute approximate surface area is 174 Å². The highest BCUT2D eigenvalue weighted by Crippen LogP contribution is 2.21. The molecule has 0 aliphatic carbocycles. The third-order valence-corrected chi connectivity index (χ3v) is 4.93. The van der Waals surface area contributed by atoms with Crippen LogP contribution in [0.15, 0.2) is 33.8 Å². The maximum absolute atomic E-state index is 5.46. The lowest BCUT2D eigenvalue weighted by molar-refractivity contribution is 0.298. The van der Waals surface area contributed by atoms with Crippen LogP contribution in [-0.2, 0) is 19.4 Å². The van der Waals surface area contributed by atoms with Crippen LogP contribution in [0.2, 0.25) is 0 Å². The second-order valence-electron chi connectivity index (χ2n) is 7.07. The molecule has 0 spiro atoms. The molecule has 0 bridgehead atoms. The molecule has 0 aliphatic rings. The summed E-state index contributed by atoms with van der Waals surface area (Å²) in [5, 5.41) is 11.0. The van der Waals surface area contributed by atoms with Crippen LogP contribution >= 0.6 is 0 Å². The van der Waals surface area contributed by atoms with Crippen molar-refractivity contribution in [2.24, 2.45) is 4.99 Å². The molecule has 0 fully saturated rings. The summed E-state index contributed by atoms with van der Waals surface area (Å²) in [7, 11) is 5.85. The van der Waals surface area contributed by atoms with E-state index in [0.717, 1.165) is 54.7 Å². The van der Waals surface area contributed by atoms with E-state index in [1.807, 2.05) is 12.1 Å². The number of guanidine groups is 1. The summed E-state index contributed by atoms with van der Waals surface area (Å²) in [6.07, 6.45) is 1.67. The maximum atomic E-state index is 5.46. The molecule has 1 unspecified atom stereocenters. The number of likely N-dealkylation sites (N-methyl/N-ethyl adjacent to an activating group) is 1. The van der Waals surface area contributed by atoms with Crippen molar-refractivity contribution in [1.29, 1.82) is 0 Å². The van der Waals surface area contributed by atoms with E-state index in [4.69, 9.17) is 14.3 Å². The zero-order valence-electron chi connectivity index (χ0n) is 18.6. The Morgan fingerprint density at radius 2 is 1.86 bits per heavy atom. The van der Waals surface area contributed by atoms with E-state index in [1.54, 1.807) is 7.11 Å². The summed E-state index contributed by atoms with van der Waals surface area (Å²) in [6, 6.07) is 8.41. The first kappa shape index (κ1) is 22.7. The normalized spacial score (nSPS) is 12.9. The Kier molecular flexibility index (Phi) is 8.99. The largest absolute Gasteiger partial charge is 0.497 e. The van der Waals surface area contributed by atoms with E-state index in [-0.39, 0.29) is 6.04 Å². The second kappa shape index (κ2) is 11.5. The summed E-state index contributed by atoms with van der Waals surface area (Å²) in [6.45, 7) is 8.32. The van der Waals surface area contributed by atoms with Crippen LogP contribution in [0.5, 0.6) is 5.75 Å². The van der Waals surface area contributed by atoms with Gasteiger partial charge in [0.1, 0.15) is 11.5 Å². The van der Waals surface area contributed by atoms with Crippen LogP contribution in [0, 0.1) is 0 Å². The fourth-order valence-electron chi connectivity index (χ4n) is 3.23. The number of ether oxygens (including phenoxy) is 1. The molecule has 2 N–H and O–H groups in total. The highest BCUT2D eigenvalue weighted by molar-refractivity contribution is 5.79. The van der Waals surface area contributed by atoms with Crippen LogP contribution in [-0.4, -0.2) is 50.3 Å². The van der Waals surface area contributed by atoms with Crippen molar-refractivity contribution < 1.29 is 9.26 Å². The third kappa shape index (κ3) is 6.22. The van der Waals surface area contributed by atoms with Gasteiger partial charge in [-0.05, 0) is 45.1 Å². The summed E-state index contributed by atoms with van der Waals surface area (Å²) in [5.41, 5.74) is 3.32. The molecule has 29 heavy (non-hydrogen) atoms. The Balaban J connectivity index is 2.11. The van der Waals surface area contributed by atoms with Gasteiger partial charge in [0.15, 0.2) is 5.96 Å². The average Bonchev–Trinajstić information content (AvgIpc) is 3.14. The zero-order valence-corrected chi connectivity index (χ0v) is 18.6. The molecular weight excluding hydrogens is 366 g/mol. The summed E-state index contributed by atoms with van der Waals surface area (Å²) < 4.78 is 10.7.